The Morgan fingerprint density at radius 2 is 2.00 bits per heavy atom. The van der Waals surface area contributed by atoms with Crippen LogP contribution >= 0.6 is 11.3 Å². The molecule has 6 heteroatoms. The van der Waals surface area contributed by atoms with Crippen LogP contribution in [0.1, 0.15) is 26.4 Å². The van der Waals surface area contributed by atoms with E-state index < -0.39 is 5.97 Å². The van der Waals surface area contributed by atoms with Crippen molar-refractivity contribution >= 4 is 39.9 Å². The highest BCUT2D eigenvalue weighted by Crippen LogP contribution is 2.26. The molecule has 0 unspecified atom stereocenters. The molecular weight excluding hydrogens is 326 g/mol. The van der Waals surface area contributed by atoms with Crippen molar-refractivity contribution in [1.29, 1.82) is 0 Å². The molecule has 1 aromatic carbocycles. The Morgan fingerprint density at radius 1 is 1.25 bits per heavy atom. The van der Waals surface area contributed by atoms with Gasteiger partial charge in [0.05, 0.1) is 25.5 Å². The molecule has 124 valence electrons. The summed E-state index contributed by atoms with van der Waals surface area (Å²) in [6, 6.07) is 5.69. The summed E-state index contributed by atoms with van der Waals surface area (Å²) in [6.45, 7) is 4.05. The maximum atomic E-state index is 12.3. The molecule has 0 saturated carbocycles. The number of thiophene rings is 1. The van der Waals surface area contributed by atoms with Crippen LogP contribution in [0.5, 0.6) is 0 Å². The molecule has 0 spiro atoms. The maximum Gasteiger partial charge on any atom is 0.350 e. The molecule has 3 aromatic rings. The smallest absolute Gasteiger partial charge is 0.350 e. The zero-order valence-electron chi connectivity index (χ0n) is 13.6. The minimum absolute atomic E-state index is 0.173. The number of aryl methyl sites for hydroxylation is 2. The summed E-state index contributed by atoms with van der Waals surface area (Å²) in [5, 5.41) is 5.44. The molecule has 0 fully saturated rings. The number of nitrogens with one attached hydrogen (secondary N) is 1. The number of rotatable bonds is 4. The lowest BCUT2D eigenvalue weighted by Gasteiger charge is -2.05. The monoisotopic (exact) mass is 343 g/mol. The minimum Gasteiger partial charge on any atom is -0.465 e. The first-order valence-electron chi connectivity index (χ1n) is 7.42. The fourth-order valence-corrected chi connectivity index (χ4v) is 3.26. The van der Waals surface area contributed by atoms with Gasteiger partial charge in [-0.15, -0.1) is 11.3 Å². The van der Waals surface area contributed by atoms with Gasteiger partial charge in [-0.1, -0.05) is 0 Å². The van der Waals surface area contributed by atoms with E-state index in [4.69, 9.17) is 9.15 Å². The number of esters is 1. The number of furan rings is 1. The Kier molecular flexibility index (Phi) is 4.40. The molecule has 3 rings (SSSR count). The van der Waals surface area contributed by atoms with E-state index in [9.17, 15) is 9.59 Å². The van der Waals surface area contributed by atoms with Crippen LogP contribution in [0.2, 0.25) is 0 Å². The summed E-state index contributed by atoms with van der Waals surface area (Å²) in [6.07, 6.45) is 1.78. The number of hydrogen-bond acceptors (Lipinski definition) is 5. The Balaban J connectivity index is 1.80. The maximum absolute atomic E-state index is 12.3. The van der Waals surface area contributed by atoms with E-state index in [1.54, 1.807) is 17.7 Å². The summed E-state index contributed by atoms with van der Waals surface area (Å²) >= 11 is 1.23. The third kappa shape index (κ3) is 3.05. The lowest BCUT2D eigenvalue weighted by molar-refractivity contribution is -0.115. The molecule has 0 aliphatic heterocycles. The van der Waals surface area contributed by atoms with Crippen LogP contribution in [-0.2, 0) is 16.0 Å². The summed E-state index contributed by atoms with van der Waals surface area (Å²) in [5.74, 6) is -0.667. The predicted molar refractivity (Wildman–Crippen MR) is 93.7 cm³/mol. The number of ether oxygens (including phenoxy) is 1. The fraction of sp³-hybridized carbons (Fsp3) is 0.222. The highest BCUT2D eigenvalue weighted by Gasteiger charge is 2.17. The third-order valence-electron chi connectivity index (χ3n) is 3.93. The van der Waals surface area contributed by atoms with E-state index >= 15 is 0 Å². The predicted octanol–water partition coefficient (Wildman–Crippen LogP) is 4.08. The van der Waals surface area contributed by atoms with Gasteiger partial charge >= 0.3 is 5.97 Å². The van der Waals surface area contributed by atoms with Gasteiger partial charge in [-0.3, -0.25) is 4.79 Å². The number of anilines is 1. The summed E-state index contributed by atoms with van der Waals surface area (Å²) < 4.78 is 10.3. The van der Waals surface area contributed by atoms with E-state index in [2.05, 4.69) is 5.32 Å². The van der Waals surface area contributed by atoms with E-state index in [-0.39, 0.29) is 12.3 Å². The number of carbonyl (C=O) groups is 2. The van der Waals surface area contributed by atoms with Gasteiger partial charge in [-0.25, -0.2) is 4.79 Å². The van der Waals surface area contributed by atoms with Crippen molar-refractivity contribution in [3.63, 3.8) is 0 Å². The van der Waals surface area contributed by atoms with Crippen molar-refractivity contribution in [3.05, 3.63) is 51.4 Å². The van der Waals surface area contributed by atoms with Gasteiger partial charge in [0.2, 0.25) is 5.91 Å². The lowest BCUT2D eigenvalue weighted by atomic mass is 10.0. The van der Waals surface area contributed by atoms with Crippen LogP contribution < -0.4 is 5.32 Å². The summed E-state index contributed by atoms with van der Waals surface area (Å²) in [5.41, 5.74) is 4.36. The molecule has 2 aromatic heterocycles. The molecule has 0 atom stereocenters. The SMILES string of the molecule is COC(=O)c1sccc1NC(=O)Cc1coc2cc(C)c(C)cc12. The van der Waals surface area contributed by atoms with E-state index in [0.29, 0.717) is 10.6 Å². The highest BCUT2D eigenvalue weighted by atomic mass is 32.1. The zero-order valence-corrected chi connectivity index (χ0v) is 14.5. The molecule has 0 aliphatic rings. The Bertz CT molecular complexity index is 922. The second-order valence-corrected chi connectivity index (χ2v) is 6.49. The normalized spacial score (nSPS) is 10.8. The van der Waals surface area contributed by atoms with Crippen molar-refractivity contribution in [3.8, 4) is 0 Å². The van der Waals surface area contributed by atoms with Gasteiger partial charge in [0.25, 0.3) is 0 Å². The third-order valence-corrected chi connectivity index (χ3v) is 4.83. The number of fused-ring (bicyclic) bond motifs is 1. The molecule has 1 N–H and O–H groups in total. The second-order valence-electron chi connectivity index (χ2n) is 5.57. The quantitative estimate of drug-likeness (QED) is 0.725. The molecule has 0 radical (unpaired) electrons. The standard InChI is InChI=1S/C18H17NO4S/c1-10-6-13-12(9-23-15(13)7-11(10)2)8-16(20)19-14-4-5-24-17(14)18(21)22-3/h4-7,9H,8H2,1-3H3,(H,19,20). The molecular formula is C18H17NO4S. The van der Waals surface area contributed by atoms with Crippen molar-refractivity contribution in [2.24, 2.45) is 0 Å². The Morgan fingerprint density at radius 3 is 2.75 bits per heavy atom. The average molecular weight is 343 g/mol. The molecule has 24 heavy (non-hydrogen) atoms. The summed E-state index contributed by atoms with van der Waals surface area (Å²) in [4.78, 5) is 24.4. The van der Waals surface area contributed by atoms with Gasteiger partial charge in [-0.05, 0) is 48.6 Å². The lowest BCUT2D eigenvalue weighted by Crippen LogP contribution is -2.15. The van der Waals surface area contributed by atoms with Gasteiger partial charge in [0, 0.05) is 10.9 Å². The van der Waals surface area contributed by atoms with Crippen LogP contribution in [0.25, 0.3) is 11.0 Å². The first-order chi connectivity index (χ1) is 11.5. The summed E-state index contributed by atoms with van der Waals surface area (Å²) in [7, 11) is 1.32. The van der Waals surface area contributed by atoms with Crippen molar-refractivity contribution in [2.45, 2.75) is 20.3 Å². The molecule has 0 aliphatic carbocycles. The topological polar surface area (TPSA) is 68.5 Å². The van der Waals surface area contributed by atoms with Crippen molar-refractivity contribution in [1.82, 2.24) is 0 Å². The fourth-order valence-electron chi connectivity index (χ4n) is 2.50. The first kappa shape index (κ1) is 16.3. The second kappa shape index (κ2) is 6.49. The Labute approximate surface area is 143 Å². The zero-order chi connectivity index (χ0) is 17.3. The number of benzene rings is 1. The van der Waals surface area contributed by atoms with Crippen LogP contribution in [0.4, 0.5) is 5.69 Å². The number of hydrogen-bond donors (Lipinski definition) is 1. The van der Waals surface area contributed by atoms with Crippen molar-refractivity contribution < 1.29 is 18.7 Å². The van der Waals surface area contributed by atoms with Crippen molar-refractivity contribution in [2.75, 3.05) is 12.4 Å². The molecule has 2 heterocycles. The number of amides is 1. The number of carbonyl (C=O) groups excluding carboxylic acids is 2. The molecule has 1 amide bonds. The highest BCUT2D eigenvalue weighted by molar-refractivity contribution is 7.12. The molecule has 0 saturated heterocycles. The van der Waals surface area contributed by atoms with Gasteiger partial charge in [0.1, 0.15) is 10.5 Å². The van der Waals surface area contributed by atoms with Crippen LogP contribution in [0, 0.1) is 13.8 Å². The molecule has 5 nitrogen and oxygen atoms in total. The van der Waals surface area contributed by atoms with Gasteiger partial charge in [-0.2, -0.15) is 0 Å². The van der Waals surface area contributed by atoms with E-state index in [1.807, 2.05) is 26.0 Å². The number of methoxy groups -OCH3 is 1. The largest absolute Gasteiger partial charge is 0.465 e. The Hall–Kier alpha value is -2.60. The first-order valence-corrected chi connectivity index (χ1v) is 8.30. The molecule has 0 bridgehead atoms. The van der Waals surface area contributed by atoms with Crippen LogP contribution in [0.3, 0.4) is 0 Å². The van der Waals surface area contributed by atoms with E-state index in [1.165, 1.54) is 18.4 Å². The van der Waals surface area contributed by atoms with Gasteiger partial charge in [0.15, 0.2) is 0 Å². The average Bonchev–Trinajstić information content (AvgIpc) is 3.15. The van der Waals surface area contributed by atoms with Crippen LogP contribution in [-0.4, -0.2) is 19.0 Å². The van der Waals surface area contributed by atoms with E-state index in [0.717, 1.165) is 27.7 Å². The minimum atomic E-state index is -0.458. The van der Waals surface area contributed by atoms with Gasteiger partial charge < -0.3 is 14.5 Å². The van der Waals surface area contributed by atoms with Crippen LogP contribution in [0.15, 0.2) is 34.3 Å².